The zero-order valence-corrected chi connectivity index (χ0v) is 7.77. The zero-order valence-electron chi connectivity index (χ0n) is 6.13. The van der Waals surface area contributed by atoms with E-state index in [1.807, 2.05) is 16.8 Å². The topological polar surface area (TPSA) is 63.6 Å². The molecule has 0 atom stereocenters. The third kappa shape index (κ3) is 3.82. The second-order valence-corrected chi connectivity index (χ2v) is 4.00. The van der Waals surface area contributed by atoms with E-state index in [0.29, 0.717) is 6.42 Å². The van der Waals surface area contributed by atoms with E-state index >= 15 is 0 Å². The number of hydrogen-bond acceptors (Lipinski definition) is 4. The van der Waals surface area contributed by atoms with E-state index in [0.717, 1.165) is 5.56 Å². The first-order valence-corrected chi connectivity index (χ1v) is 5.51. The fourth-order valence-corrected chi connectivity index (χ4v) is 1.70. The SMILES string of the molecule is O=S(=O)(O)OCCc1ccsc1. The molecule has 0 bridgehead atoms. The Morgan fingerprint density at radius 1 is 1.58 bits per heavy atom. The lowest BCUT2D eigenvalue weighted by molar-refractivity contribution is 0.272. The van der Waals surface area contributed by atoms with Crippen LogP contribution in [-0.2, 0) is 21.0 Å². The van der Waals surface area contributed by atoms with Gasteiger partial charge in [0.25, 0.3) is 0 Å². The Bertz CT molecular complexity index is 313. The van der Waals surface area contributed by atoms with Crippen LogP contribution in [0.5, 0.6) is 0 Å². The Morgan fingerprint density at radius 3 is 2.83 bits per heavy atom. The van der Waals surface area contributed by atoms with Crippen molar-refractivity contribution >= 4 is 21.7 Å². The molecule has 0 aliphatic rings. The average molecular weight is 208 g/mol. The van der Waals surface area contributed by atoms with Crippen molar-refractivity contribution in [3.05, 3.63) is 22.4 Å². The summed E-state index contributed by atoms with van der Waals surface area (Å²) in [4.78, 5) is 0. The lowest BCUT2D eigenvalue weighted by Crippen LogP contribution is -2.06. The molecule has 1 rings (SSSR count). The predicted molar refractivity (Wildman–Crippen MR) is 45.5 cm³/mol. The van der Waals surface area contributed by atoms with E-state index in [1.54, 1.807) is 0 Å². The number of hydrogen-bond donors (Lipinski definition) is 1. The maximum atomic E-state index is 10.1. The van der Waals surface area contributed by atoms with E-state index in [4.69, 9.17) is 4.55 Å². The summed E-state index contributed by atoms with van der Waals surface area (Å²) in [6, 6.07) is 1.87. The van der Waals surface area contributed by atoms with Crippen molar-refractivity contribution < 1.29 is 17.2 Å². The standard InChI is InChI=1S/C6H8O4S2/c7-12(8,9)10-3-1-6-2-4-11-5-6/h2,4-5H,1,3H2,(H,7,8,9). The third-order valence-corrected chi connectivity index (χ3v) is 2.40. The summed E-state index contributed by atoms with van der Waals surface area (Å²) in [6.45, 7) is -0.0183. The molecule has 0 aliphatic heterocycles. The molecule has 12 heavy (non-hydrogen) atoms. The molecule has 0 saturated heterocycles. The van der Waals surface area contributed by atoms with E-state index in [2.05, 4.69) is 4.18 Å². The van der Waals surface area contributed by atoms with Gasteiger partial charge >= 0.3 is 10.4 Å². The van der Waals surface area contributed by atoms with Crippen LogP contribution in [0.25, 0.3) is 0 Å². The molecule has 0 radical (unpaired) electrons. The average Bonchev–Trinajstić information content (AvgIpc) is 2.36. The molecular formula is C6H8O4S2. The van der Waals surface area contributed by atoms with Crippen LogP contribution < -0.4 is 0 Å². The number of rotatable bonds is 4. The molecule has 4 nitrogen and oxygen atoms in total. The Labute approximate surface area is 74.8 Å². The monoisotopic (exact) mass is 208 g/mol. The summed E-state index contributed by atoms with van der Waals surface area (Å²) < 4.78 is 32.5. The molecule has 1 heterocycles. The van der Waals surface area contributed by atoms with Gasteiger partial charge in [-0.25, -0.2) is 4.18 Å². The van der Waals surface area contributed by atoms with Gasteiger partial charge in [-0.05, 0) is 28.8 Å². The predicted octanol–water partition coefficient (Wildman–Crippen LogP) is 1.11. The molecule has 6 heteroatoms. The van der Waals surface area contributed by atoms with Crippen LogP contribution in [0.1, 0.15) is 5.56 Å². The van der Waals surface area contributed by atoms with Crippen molar-refractivity contribution in [2.45, 2.75) is 6.42 Å². The van der Waals surface area contributed by atoms with Crippen molar-refractivity contribution in [3.63, 3.8) is 0 Å². The normalized spacial score (nSPS) is 11.8. The minimum atomic E-state index is -4.27. The van der Waals surface area contributed by atoms with E-state index < -0.39 is 10.4 Å². The van der Waals surface area contributed by atoms with Gasteiger partial charge < -0.3 is 0 Å². The molecule has 0 fully saturated rings. The van der Waals surface area contributed by atoms with Crippen LogP contribution in [0.4, 0.5) is 0 Å². The number of thiophene rings is 1. The van der Waals surface area contributed by atoms with Crippen molar-refractivity contribution in [1.29, 1.82) is 0 Å². The Morgan fingerprint density at radius 2 is 2.33 bits per heavy atom. The Hall–Kier alpha value is -0.430. The highest BCUT2D eigenvalue weighted by Crippen LogP contribution is 2.06. The van der Waals surface area contributed by atoms with Crippen molar-refractivity contribution in [2.75, 3.05) is 6.61 Å². The molecule has 1 aromatic heterocycles. The summed E-state index contributed by atoms with van der Waals surface area (Å²) >= 11 is 1.53. The molecule has 0 aromatic carbocycles. The molecule has 1 aromatic rings. The van der Waals surface area contributed by atoms with Gasteiger partial charge in [-0.15, -0.1) is 0 Å². The molecule has 0 saturated carbocycles. The Kier molecular flexibility index (Phi) is 3.21. The van der Waals surface area contributed by atoms with Gasteiger partial charge in [0.05, 0.1) is 6.61 Å². The van der Waals surface area contributed by atoms with Gasteiger partial charge in [-0.1, -0.05) is 0 Å². The smallest absolute Gasteiger partial charge is 0.264 e. The van der Waals surface area contributed by atoms with Crippen LogP contribution in [0.15, 0.2) is 16.8 Å². The van der Waals surface area contributed by atoms with Gasteiger partial charge in [0, 0.05) is 0 Å². The highest BCUT2D eigenvalue weighted by Gasteiger charge is 2.03. The zero-order chi connectivity index (χ0) is 9.03. The van der Waals surface area contributed by atoms with Gasteiger partial charge in [0.15, 0.2) is 0 Å². The summed E-state index contributed by atoms with van der Waals surface area (Å²) in [5, 5.41) is 3.79. The second kappa shape index (κ2) is 3.99. The molecule has 0 amide bonds. The summed E-state index contributed by atoms with van der Waals surface area (Å²) in [7, 11) is -4.27. The van der Waals surface area contributed by atoms with Crippen LogP contribution in [0.3, 0.4) is 0 Å². The van der Waals surface area contributed by atoms with Crippen LogP contribution >= 0.6 is 11.3 Å². The molecular weight excluding hydrogens is 200 g/mol. The molecule has 0 aliphatic carbocycles. The molecule has 0 spiro atoms. The van der Waals surface area contributed by atoms with E-state index in [1.165, 1.54) is 11.3 Å². The summed E-state index contributed by atoms with van der Waals surface area (Å²) in [5.74, 6) is 0. The lowest BCUT2D eigenvalue weighted by Gasteiger charge is -1.96. The molecule has 1 N–H and O–H groups in total. The molecule has 0 unspecified atom stereocenters. The van der Waals surface area contributed by atoms with Crippen molar-refractivity contribution in [2.24, 2.45) is 0 Å². The maximum Gasteiger partial charge on any atom is 0.397 e. The van der Waals surface area contributed by atoms with Gasteiger partial charge in [-0.2, -0.15) is 19.8 Å². The van der Waals surface area contributed by atoms with Gasteiger partial charge in [-0.3, -0.25) is 4.55 Å². The first-order chi connectivity index (χ1) is 5.58. The van der Waals surface area contributed by atoms with Crippen LogP contribution in [-0.4, -0.2) is 19.6 Å². The van der Waals surface area contributed by atoms with Crippen molar-refractivity contribution in [3.8, 4) is 0 Å². The van der Waals surface area contributed by atoms with Crippen molar-refractivity contribution in [1.82, 2.24) is 0 Å². The van der Waals surface area contributed by atoms with Gasteiger partial charge in [0.1, 0.15) is 0 Å². The fraction of sp³-hybridized carbons (Fsp3) is 0.333. The van der Waals surface area contributed by atoms with Gasteiger partial charge in [0.2, 0.25) is 0 Å². The highest BCUT2D eigenvalue weighted by molar-refractivity contribution is 7.80. The minimum absolute atomic E-state index is 0.0183. The largest absolute Gasteiger partial charge is 0.397 e. The first kappa shape index (κ1) is 9.66. The first-order valence-electron chi connectivity index (χ1n) is 3.21. The lowest BCUT2D eigenvalue weighted by atomic mass is 10.3. The summed E-state index contributed by atoms with van der Waals surface area (Å²) in [5.41, 5.74) is 1.00. The highest BCUT2D eigenvalue weighted by atomic mass is 32.3. The van der Waals surface area contributed by atoms with Crippen LogP contribution in [0.2, 0.25) is 0 Å². The second-order valence-electron chi connectivity index (χ2n) is 2.13. The minimum Gasteiger partial charge on any atom is -0.264 e. The van der Waals surface area contributed by atoms with E-state index in [9.17, 15) is 8.42 Å². The Balaban J connectivity index is 2.29. The van der Waals surface area contributed by atoms with E-state index in [-0.39, 0.29) is 6.61 Å². The quantitative estimate of drug-likeness (QED) is 0.753. The third-order valence-electron chi connectivity index (χ3n) is 1.20. The maximum absolute atomic E-state index is 10.1. The summed E-state index contributed by atoms with van der Waals surface area (Å²) in [6.07, 6.45) is 0.489. The molecule has 68 valence electrons. The van der Waals surface area contributed by atoms with Crippen LogP contribution in [0, 0.1) is 0 Å². The fourth-order valence-electron chi connectivity index (χ4n) is 0.700.